The number of nitrogens with one attached hydrogen (secondary N) is 1. The normalized spacial score (nSPS) is 11.0. The average molecular weight is 287 g/mol. The molecule has 21 heavy (non-hydrogen) atoms. The molecular weight excluding hydrogens is 262 g/mol. The molecule has 0 aliphatic carbocycles. The number of methoxy groups -OCH3 is 1. The summed E-state index contributed by atoms with van der Waals surface area (Å²) in [6.45, 7) is 5.53. The van der Waals surface area contributed by atoms with Crippen molar-refractivity contribution in [1.82, 2.24) is 14.9 Å². The summed E-state index contributed by atoms with van der Waals surface area (Å²) in [6, 6.07) is 10.6. The monoisotopic (exact) mass is 287 g/mol. The van der Waals surface area contributed by atoms with Gasteiger partial charge in [0, 0.05) is 32.9 Å². The molecule has 0 saturated heterocycles. The minimum atomic E-state index is 0.737. The lowest BCUT2D eigenvalue weighted by Crippen LogP contribution is -2.21. The fourth-order valence-corrected chi connectivity index (χ4v) is 2.44. The van der Waals surface area contributed by atoms with Crippen LogP contribution in [0.25, 0.3) is 0 Å². The molecule has 2 aromatic rings. The van der Waals surface area contributed by atoms with Gasteiger partial charge in [0.05, 0.1) is 12.3 Å². The Hall–Kier alpha value is -1.65. The number of aryl methyl sites for hydroxylation is 2. The van der Waals surface area contributed by atoms with E-state index in [9.17, 15) is 0 Å². The van der Waals surface area contributed by atoms with E-state index < -0.39 is 0 Å². The third-order valence-corrected chi connectivity index (χ3v) is 3.62. The van der Waals surface area contributed by atoms with E-state index in [1.165, 1.54) is 11.3 Å². The van der Waals surface area contributed by atoms with Crippen molar-refractivity contribution in [2.45, 2.75) is 32.9 Å². The highest BCUT2D eigenvalue weighted by Gasteiger charge is 2.06. The molecule has 1 aromatic carbocycles. The van der Waals surface area contributed by atoms with E-state index in [0.29, 0.717) is 0 Å². The van der Waals surface area contributed by atoms with Gasteiger partial charge in [0.15, 0.2) is 0 Å². The summed E-state index contributed by atoms with van der Waals surface area (Å²) in [7, 11) is 1.72. The van der Waals surface area contributed by atoms with Gasteiger partial charge in [-0.05, 0) is 25.3 Å². The fraction of sp³-hybridized carbons (Fsp3) is 0.471. The molecule has 0 unspecified atom stereocenters. The third-order valence-electron chi connectivity index (χ3n) is 3.62. The molecule has 1 heterocycles. The van der Waals surface area contributed by atoms with Crippen molar-refractivity contribution in [2.75, 3.05) is 20.3 Å². The predicted molar refractivity (Wildman–Crippen MR) is 85.3 cm³/mol. The average Bonchev–Trinajstić information content (AvgIpc) is 2.86. The van der Waals surface area contributed by atoms with Crippen LogP contribution in [0.3, 0.4) is 0 Å². The molecule has 4 heteroatoms. The molecule has 2 rings (SSSR count). The Labute approximate surface area is 127 Å². The first kappa shape index (κ1) is 15.7. The summed E-state index contributed by atoms with van der Waals surface area (Å²) in [5, 5.41) is 3.38. The van der Waals surface area contributed by atoms with E-state index >= 15 is 0 Å². The SMILES string of the molecule is COCCNCc1cnc(C)n1CCCc1ccccc1. The Kier molecular flexibility index (Phi) is 6.44. The second-order valence-corrected chi connectivity index (χ2v) is 5.21. The number of hydrogen-bond acceptors (Lipinski definition) is 3. The number of aromatic nitrogens is 2. The Morgan fingerprint density at radius 3 is 2.81 bits per heavy atom. The van der Waals surface area contributed by atoms with Gasteiger partial charge in [0.1, 0.15) is 5.82 Å². The highest BCUT2D eigenvalue weighted by Crippen LogP contribution is 2.09. The van der Waals surface area contributed by atoms with E-state index in [-0.39, 0.29) is 0 Å². The first-order valence-electron chi connectivity index (χ1n) is 7.56. The summed E-state index contributed by atoms with van der Waals surface area (Å²) >= 11 is 0. The van der Waals surface area contributed by atoms with Crippen LogP contribution in [0.5, 0.6) is 0 Å². The minimum absolute atomic E-state index is 0.737. The highest BCUT2D eigenvalue weighted by atomic mass is 16.5. The van der Waals surface area contributed by atoms with E-state index in [0.717, 1.165) is 44.9 Å². The van der Waals surface area contributed by atoms with Crippen LogP contribution in [0.2, 0.25) is 0 Å². The second kappa shape index (κ2) is 8.60. The number of ether oxygens (including phenoxy) is 1. The number of rotatable bonds is 9. The molecule has 1 N–H and O–H groups in total. The van der Waals surface area contributed by atoms with Crippen LogP contribution in [0.4, 0.5) is 0 Å². The topological polar surface area (TPSA) is 39.1 Å². The zero-order chi connectivity index (χ0) is 14.9. The molecule has 4 nitrogen and oxygen atoms in total. The Morgan fingerprint density at radius 1 is 1.24 bits per heavy atom. The van der Waals surface area contributed by atoms with Crippen LogP contribution < -0.4 is 5.32 Å². The molecule has 0 aliphatic heterocycles. The molecule has 0 atom stereocenters. The molecule has 0 saturated carbocycles. The number of hydrogen-bond donors (Lipinski definition) is 1. The van der Waals surface area contributed by atoms with Gasteiger partial charge in [0.2, 0.25) is 0 Å². The Morgan fingerprint density at radius 2 is 2.05 bits per heavy atom. The zero-order valence-electron chi connectivity index (χ0n) is 13.0. The quantitative estimate of drug-likeness (QED) is 0.720. The lowest BCUT2D eigenvalue weighted by atomic mass is 10.1. The maximum absolute atomic E-state index is 5.04. The fourth-order valence-electron chi connectivity index (χ4n) is 2.44. The highest BCUT2D eigenvalue weighted by molar-refractivity contribution is 5.14. The summed E-state index contributed by atoms with van der Waals surface area (Å²) in [6.07, 6.45) is 4.21. The molecule has 0 radical (unpaired) electrons. The van der Waals surface area contributed by atoms with Gasteiger partial charge in [-0.3, -0.25) is 0 Å². The van der Waals surface area contributed by atoms with Crippen LogP contribution in [-0.4, -0.2) is 29.8 Å². The first-order valence-corrected chi connectivity index (χ1v) is 7.56. The third kappa shape index (κ3) is 4.99. The molecule has 1 aromatic heterocycles. The van der Waals surface area contributed by atoms with Crippen molar-refractivity contribution >= 4 is 0 Å². The lowest BCUT2D eigenvalue weighted by Gasteiger charge is -2.11. The van der Waals surface area contributed by atoms with Crippen molar-refractivity contribution in [3.63, 3.8) is 0 Å². The number of imidazole rings is 1. The van der Waals surface area contributed by atoms with Crippen molar-refractivity contribution in [1.29, 1.82) is 0 Å². The zero-order valence-corrected chi connectivity index (χ0v) is 13.0. The Bertz CT molecular complexity index is 522. The summed E-state index contributed by atoms with van der Waals surface area (Å²) in [5.41, 5.74) is 2.65. The van der Waals surface area contributed by atoms with Crippen molar-refractivity contribution in [3.05, 3.63) is 53.6 Å². The van der Waals surface area contributed by atoms with Gasteiger partial charge >= 0.3 is 0 Å². The van der Waals surface area contributed by atoms with Gasteiger partial charge in [0.25, 0.3) is 0 Å². The summed E-state index contributed by atoms with van der Waals surface area (Å²) in [5.74, 6) is 1.09. The molecule has 114 valence electrons. The Balaban J connectivity index is 1.83. The molecule has 0 bridgehead atoms. The van der Waals surface area contributed by atoms with Crippen LogP contribution in [0, 0.1) is 6.92 Å². The second-order valence-electron chi connectivity index (χ2n) is 5.21. The molecule has 0 spiro atoms. The van der Waals surface area contributed by atoms with Gasteiger partial charge in [-0.25, -0.2) is 4.98 Å². The standard InChI is InChI=1S/C17H25N3O/c1-15-19-14-17(13-18-10-12-21-2)20(15)11-6-9-16-7-4-3-5-8-16/h3-5,7-8,14,18H,6,9-13H2,1-2H3. The maximum Gasteiger partial charge on any atom is 0.105 e. The summed E-state index contributed by atoms with van der Waals surface area (Å²) < 4.78 is 7.35. The van der Waals surface area contributed by atoms with Crippen LogP contribution in [0.15, 0.2) is 36.5 Å². The van der Waals surface area contributed by atoms with E-state index in [1.54, 1.807) is 7.11 Å². The van der Waals surface area contributed by atoms with Crippen LogP contribution in [0.1, 0.15) is 23.5 Å². The summed E-state index contributed by atoms with van der Waals surface area (Å²) in [4.78, 5) is 4.43. The number of benzene rings is 1. The largest absolute Gasteiger partial charge is 0.383 e. The van der Waals surface area contributed by atoms with Crippen LogP contribution >= 0.6 is 0 Å². The number of nitrogens with zero attached hydrogens (tertiary/aromatic N) is 2. The molecular formula is C17H25N3O. The van der Waals surface area contributed by atoms with Gasteiger partial charge < -0.3 is 14.6 Å². The molecule has 0 fully saturated rings. The predicted octanol–water partition coefficient (Wildman–Crippen LogP) is 2.56. The van der Waals surface area contributed by atoms with E-state index in [4.69, 9.17) is 4.74 Å². The minimum Gasteiger partial charge on any atom is -0.383 e. The van der Waals surface area contributed by atoms with E-state index in [2.05, 4.69) is 52.1 Å². The van der Waals surface area contributed by atoms with Gasteiger partial charge in [-0.1, -0.05) is 30.3 Å². The molecule has 0 amide bonds. The van der Waals surface area contributed by atoms with Crippen LogP contribution in [-0.2, 0) is 24.2 Å². The van der Waals surface area contributed by atoms with Gasteiger partial charge in [-0.2, -0.15) is 0 Å². The van der Waals surface area contributed by atoms with Crippen molar-refractivity contribution in [2.24, 2.45) is 0 Å². The smallest absolute Gasteiger partial charge is 0.105 e. The van der Waals surface area contributed by atoms with Crippen molar-refractivity contribution < 1.29 is 4.74 Å². The lowest BCUT2D eigenvalue weighted by molar-refractivity contribution is 0.199. The maximum atomic E-state index is 5.04. The first-order chi connectivity index (χ1) is 10.3. The van der Waals surface area contributed by atoms with E-state index in [1.807, 2.05) is 6.20 Å². The van der Waals surface area contributed by atoms with Gasteiger partial charge in [-0.15, -0.1) is 0 Å². The molecule has 0 aliphatic rings. The van der Waals surface area contributed by atoms with Crippen molar-refractivity contribution in [3.8, 4) is 0 Å².